The van der Waals surface area contributed by atoms with E-state index in [0.717, 1.165) is 29.8 Å². The first kappa shape index (κ1) is 15.3. The van der Waals surface area contributed by atoms with Crippen LogP contribution in [0.1, 0.15) is 29.8 Å². The summed E-state index contributed by atoms with van der Waals surface area (Å²) in [6, 6.07) is 0. The Kier molecular flexibility index (Phi) is 4.34. The van der Waals surface area contributed by atoms with Crippen molar-refractivity contribution in [3.8, 4) is 0 Å². The number of rotatable bonds is 6. The average Bonchev–Trinajstić information content (AvgIpc) is 3.21. The van der Waals surface area contributed by atoms with E-state index < -0.39 is 5.54 Å². The van der Waals surface area contributed by atoms with Gasteiger partial charge in [0, 0.05) is 17.1 Å². The van der Waals surface area contributed by atoms with Crippen LogP contribution in [0.4, 0.5) is 0 Å². The van der Waals surface area contributed by atoms with E-state index in [1.807, 2.05) is 20.8 Å². The number of likely N-dealkylation sites (N-methyl/N-ethyl adjacent to an activating group) is 1. The monoisotopic (exact) mass is 294 g/mol. The van der Waals surface area contributed by atoms with Crippen molar-refractivity contribution in [1.82, 2.24) is 15.3 Å². The van der Waals surface area contributed by atoms with Gasteiger partial charge in [-0.1, -0.05) is 11.8 Å². The van der Waals surface area contributed by atoms with Gasteiger partial charge < -0.3 is 11.1 Å². The predicted molar refractivity (Wildman–Crippen MR) is 80.7 cm³/mol. The van der Waals surface area contributed by atoms with E-state index in [2.05, 4.69) is 15.3 Å². The van der Waals surface area contributed by atoms with Gasteiger partial charge in [-0.05, 0) is 52.1 Å². The molecule has 0 spiro atoms. The lowest BCUT2D eigenvalue weighted by Gasteiger charge is -2.29. The van der Waals surface area contributed by atoms with Gasteiger partial charge in [-0.2, -0.15) is 0 Å². The molecule has 1 aliphatic carbocycles. The topological polar surface area (TPSA) is 80.9 Å². The molecule has 1 aromatic rings. The fourth-order valence-electron chi connectivity index (χ4n) is 2.35. The Morgan fingerprint density at radius 3 is 2.30 bits per heavy atom. The standard InChI is InChI=1S/C14H22N4OS/c1-8-9(2)17-13(18-10(8)3)20-7-14(16-4,12(15)19)11-5-6-11/h11,16H,5-7H2,1-4H3,(H2,15,19). The summed E-state index contributed by atoms with van der Waals surface area (Å²) in [4.78, 5) is 20.8. The maximum absolute atomic E-state index is 11.8. The highest BCUT2D eigenvalue weighted by molar-refractivity contribution is 7.99. The normalized spacial score (nSPS) is 17.8. The molecular formula is C14H22N4OS. The quantitative estimate of drug-likeness (QED) is 0.611. The van der Waals surface area contributed by atoms with Gasteiger partial charge in [0.05, 0.1) is 0 Å². The van der Waals surface area contributed by atoms with E-state index in [9.17, 15) is 4.79 Å². The molecule has 0 radical (unpaired) electrons. The molecule has 1 amide bonds. The van der Waals surface area contributed by atoms with Gasteiger partial charge >= 0.3 is 0 Å². The Hall–Kier alpha value is -1.14. The molecule has 2 rings (SSSR count). The number of thioether (sulfide) groups is 1. The summed E-state index contributed by atoms with van der Waals surface area (Å²) in [5, 5.41) is 3.85. The number of aryl methyl sites for hydroxylation is 2. The number of amides is 1. The van der Waals surface area contributed by atoms with Crippen LogP contribution >= 0.6 is 11.8 Å². The average molecular weight is 294 g/mol. The van der Waals surface area contributed by atoms with Gasteiger partial charge in [0.25, 0.3) is 0 Å². The molecule has 1 unspecified atom stereocenters. The lowest BCUT2D eigenvalue weighted by Crippen LogP contribution is -2.57. The Morgan fingerprint density at radius 1 is 1.35 bits per heavy atom. The second-order valence-corrected chi connectivity index (χ2v) is 6.39. The maximum atomic E-state index is 11.8. The zero-order valence-electron chi connectivity index (χ0n) is 12.5. The van der Waals surface area contributed by atoms with E-state index in [-0.39, 0.29) is 5.91 Å². The van der Waals surface area contributed by atoms with Crippen LogP contribution in [0.3, 0.4) is 0 Å². The third kappa shape index (κ3) is 2.81. The first-order chi connectivity index (χ1) is 9.40. The zero-order valence-corrected chi connectivity index (χ0v) is 13.3. The number of nitrogens with zero attached hydrogens (tertiary/aromatic N) is 2. The van der Waals surface area contributed by atoms with Crippen LogP contribution in [-0.2, 0) is 4.79 Å². The fraction of sp³-hybridized carbons (Fsp3) is 0.643. The summed E-state index contributed by atoms with van der Waals surface area (Å²) < 4.78 is 0. The predicted octanol–water partition coefficient (Wildman–Crippen LogP) is 1.35. The Morgan fingerprint density at radius 2 is 1.90 bits per heavy atom. The van der Waals surface area contributed by atoms with Crippen LogP contribution in [0.5, 0.6) is 0 Å². The molecular weight excluding hydrogens is 272 g/mol. The summed E-state index contributed by atoms with van der Waals surface area (Å²) in [5.41, 5.74) is 8.07. The molecule has 1 aromatic heterocycles. The van der Waals surface area contributed by atoms with Crippen LogP contribution in [0.15, 0.2) is 5.16 Å². The molecule has 110 valence electrons. The molecule has 1 aliphatic rings. The van der Waals surface area contributed by atoms with Crippen molar-refractivity contribution in [3.63, 3.8) is 0 Å². The molecule has 3 N–H and O–H groups in total. The van der Waals surface area contributed by atoms with Gasteiger partial charge in [-0.25, -0.2) is 9.97 Å². The van der Waals surface area contributed by atoms with Crippen LogP contribution in [-0.4, -0.2) is 34.2 Å². The number of nitrogens with one attached hydrogen (secondary N) is 1. The number of primary amides is 1. The van der Waals surface area contributed by atoms with Gasteiger partial charge in [-0.15, -0.1) is 0 Å². The van der Waals surface area contributed by atoms with Crippen molar-refractivity contribution in [2.24, 2.45) is 11.7 Å². The van der Waals surface area contributed by atoms with E-state index in [4.69, 9.17) is 5.73 Å². The molecule has 5 nitrogen and oxygen atoms in total. The summed E-state index contributed by atoms with van der Waals surface area (Å²) in [5.74, 6) is 0.631. The molecule has 1 saturated carbocycles. The summed E-state index contributed by atoms with van der Waals surface area (Å²) in [6.45, 7) is 5.98. The van der Waals surface area contributed by atoms with Gasteiger partial charge in [0.2, 0.25) is 5.91 Å². The SMILES string of the molecule is CNC(CSc1nc(C)c(C)c(C)n1)(C(N)=O)C1CC1. The van der Waals surface area contributed by atoms with Crippen molar-refractivity contribution < 1.29 is 4.79 Å². The first-order valence-electron chi connectivity index (χ1n) is 6.84. The third-order valence-corrected chi connectivity index (χ3v) is 5.24. The Balaban J connectivity index is 2.16. The Labute approximate surface area is 124 Å². The molecule has 1 fully saturated rings. The number of aromatic nitrogens is 2. The number of nitrogens with two attached hydrogens (primary N) is 1. The number of hydrogen-bond donors (Lipinski definition) is 2. The van der Waals surface area contributed by atoms with Crippen LogP contribution < -0.4 is 11.1 Å². The third-order valence-electron chi connectivity index (χ3n) is 4.20. The fourth-order valence-corrected chi connectivity index (χ4v) is 3.63. The van der Waals surface area contributed by atoms with Crippen LogP contribution in [0, 0.1) is 26.7 Å². The summed E-state index contributed by atoms with van der Waals surface area (Å²) in [7, 11) is 1.80. The molecule has 6 heteroatoms. The molecule has 1 atom stereocenters. The molecule has 0 bridgehead atoms. The van der Waals surface area contributed by atoms with Crippen molar-refractivity contribution >= 4 is 17.7 Å². The van der Waals surface area contributed by atoms with E-state index in [1.54, 1.807) is 7.05 Å². The smallest absolute Gasteiger partial charge is 0.238 e. The second-order valence-electron chi connectivity index (χ2n) is 5.45. The molecule has 20 heavy (non-hydrogen) atoms. The largest absolute Gasteiger partial charge is 0.368 e. The van der Waals surface area contributed by atoms with Gasteiger partial charge in [0.15, 0.2) is 5.16 Å². The van der Waals surface area contributed by atoms with Crippen molar-refractivity contribution in [2.45, 2.75) is 44.3 Å². The van der Waals surface area contributed by atoms with Crippen molar-refractivity contribution in [3.05, 3.63) is 17.0 Å². The lowest BCUT2D eigenvalue weighted by atomic mass is 9.95. The van der Waals surface area contributed by atoms with E-state index in [0.29, 0.717) is 16.8 Å². The first-order valence-corrected chi connectivity index (χ1v) is 7.82. The van der Waals surface area contributed by atoms with Crippen LogP contribution in [0.2, 0.25) is 0 Å². The lowest BCUT2D eigenvalue weighted by molar-refractivity contribution is -0.124. The van der Waals surface area contributed by atoms with Crippen molar-refractivity contribution in [1.29, 1.82) is 0 Å². The highest BCUT2D eigenvalue weighted by atomic mass is 32.2. The van der Waals surface area contributed by atoms with Gasteiger partial charge in [0.1, 0.15) is 5.54 Å². The molecule has 0 aromatic carbocycles. The van der Waals surface area contributed by atoms with Crippen molar-refractivity contribution in [2.75, 3.05) is 12.8 Å². The minimum absolute atomic E-state index is 0.282. The zero-order chi connectivity index (χ0) is 14.9. The minimum atomic E-state index is -0.638. The number of carbonyl (C=O) groups is 1. The highest BCUT2D eigenvalue weighted by Gasteiger charge is 2.48. The van der Waals surface area contributed by atoms with Gasteiger partial charge in [-0.3, -0.25) is 4.79 Å². The summed E-state index contributed by atoms with van der Waals surface area (Å²) in [6.07, 6.45) is 2.11. The van der Waals surface area contributed by atoms with E-state index >= 15 is 0 Å². The maximum Gasteiger partial charge on any atom is 0.238 e. The molecule has 1 heterocycles. The second kappa shape index (κ2) is 5.69. The minimum Gasteiger partial charge on any atom is -0.368 e. The Bertz CT molecular complexity index is 507. The molecule has 0 aliphatic heterocycles. The summed E-state index contributed by atoms with van der Waals surface area (Å²) >= 11 is 1.50. The highest BCUT2D eigenvalue weighted by Crippen LogP contribution is 2.41. The van der Waals surface area contributed by atoms with E-state index in [1.165, 1.54) is 11.8 Å². The van der Waals surface area contributed by atoms with Crippen LogP contribution in [0.25, 0.3) is 0 Å². The number of carbonyl (C=O) groups excluding carboxylic acids is 1. The number of hydrogen-bond acceptors (Lipinski definition) is 5. The molecule has 0 saturated heterocycles.